The predicted molar refractivity (Wildman–Crippen MR) is 44.2 cm³/mol. The van der Waals surface area contributed by atoms with Crippen LogP contribution in [-0.4, -0.2) is 10.0 Å². The topological polar surface area (TPSA) is 63.4 Å². The van der Waals surface area contributed by atoms with E-state index in [-0.39, 0.29) is 11.4 Å². The molecule has 4 heteroatoms. The number of nitrogens with zero attached hydrogens (tertiary/aromatic N) is 1. The van der Waals surface area contributed by atoms with Crippen molar-refractivity contribution in [2.75, 3.05) is 0 Å². The first-order valence-corrected chi connectivity index (χ1v) is 3.47. The summed E-state index contributed by atoms with van der Waals surface area (Å²) in [6.45, 7) is 3.34. The number of rotatable bonds is 1. The highest BCUT2D eigenvalue weighted by Crippen LogP contribution is 2.26. The summed E-state index contributed by atoms with van der Waals surface area (Å²) in [6.07, 6.45) is 0. The van der Waals surface area contributed by atoms with E-state index in [0.29, 0.717) is 11.1 Å². The molecule has 12 heavy (non-hydrogen) atoms. The molecule has 0 fully saturated rings. The summed E-state index contributed by atoms with van der Waals surface area (Å²) < 4.78 is 0. The van der Waals surface area contributed by atoms with Gasteiger partial charge < -0.3 is 5.11 Å². The van der Waals surface area contributed by atoms with Crippen LogP contribution in [0.3, 0.4) is 0 Å². The molecule has 0 heterocycles. The first-order chi connectivity index (χ1) is 5.52. The van der Waals surface area contributed by atoms with Gasteiger partial charge in [0.25, 0.3) is 5.69 Å². The zero-order chi connectivity index (χ0) is 9.30. The van der Waals surface area contributed by atoms with Crippen molar-refractivity contribution in [1.82, 2.24) is 0 Å². The molecule has 0 aliphatic carbocycles. The second-order valence-electron chi connectivity index (χ2n) is 2.68. The van der Waals surface area contributed by atoms with Gasteiger partial charge in [0.2, 0.25) is 0 Å². The van der Waals surface area contributed by atoms with Crippen LogP contribution in [0.25, 0.3) is 0 Å². The number of aromatic hydroxyl groups is 1. The Hall–Kier alpha value is -1.58. The highest BCUT2D eigenvalue weighted by atomic mass is 16.6. The number of phenols is 1. The lowest BCUT2D eigenvalue weighted by molar-refractivity contribution is -0.385. The summed E-state index contributed by atoms with van der Waals surface area (Å²) >= 11 is 0. The Morgan fingerprint density at radius 3 is 2.42 bits per heavy atom. The van der Waals surface area contributed by atoms with Gasteiger partial charge in [-0.25, -0.2) is 0 Å². The molecular formula is C8H9NO3. The molecule has 0 unspecified atom stereocenters. The molecule has 64 valence electrons. The minimum absolute atomic E-state index is 0.0349. The standard InChI is InChI=1S/C8H9NO3/c1-5-3-6(2)8(10)4-7(5)9(11)12/h3-4,10H,1-2H3. The molecule has 0 atom stereocenters. The smallest absolute Gasteiger partial charge is 0.276 e. The van der Waals surface area contributed by atoms with Crippen molar-refractivity contribution in [2.45, 2.75) is 13.8 Å². The molecule has 0 amide bonds. The fraction of sp³-hybridized carbons (Fsp3) is 0.250. The molecule has 0 spiro atoms. The van der Waals surface area contributed by atoms with Gasteiger partial charge in [-0.3, -0.25) is 10.1 Å². The number of benzene rings is 1. The molecule has 0 aliphatic rings. The second-order valence-corrected chi connectivity index (χ2v) is 2.68. The van der Waals surface area contributed by atoms with E-state index in [1.54, 1.807) is 19.9 Å². The zero-order valence-corrected chi connectivity index (χ0v) is 6.87. The molecule has 1 rings (SSSR count). The zero-order valence-electron chi connectivity index (χ0n) is 6.87. The van der Waals surface area contributed by atoms with Crippen LogP contribution in [-0.2, 0) is 0 Å². The predicted octanol–water partition coefficient (Wildman–Crippen LogP) is 1.92. The third kappa shape index (κ3) is 1.37. The van der Waals surface area contributed by atoms with Crippen LogP contribution in [0.5, 0.6) is 5.75 Å². The van der Waals surface area contributed by atoms with Crippen LogP contribution in [0, 0.1) is 24.0 Å². The molecule has 0 saturated heterocycles. The Morgan fingerprint density at radius 2 is 1.92 bits per heavy atom. The van der Waals surface area contributed by atoms with E-state index in [2.05, 4.69) is 0 Å². The minimum Gasteiger partial charge on any atom is -0.507 e. The van der Waals surface area contributed by atoms with E-state index in [4.69, 9.17) is 5.11 Å². The van der Waals surface area contributed by atoms with E-state index in [9.17, 15) is 10.1 Å². The summed E-state index contributed by atoms with van der Waals surface area (Å²) in [5.74, 6) is -0.0349. The van der Waals surface area contributed by atoms with Crippen molar-refractivity contribution in [2.24, 2.45) is 0 Å². The summed E-state index contributed by atoms with van der Waals surface area (Å²) in [7, 11) is 0. The third-order valence-corrected chi connectivity index (χ3v) is 1.71. The summed E-state index contributed by atoms with van der Waals surface area (Å²) in [6, 6.07) is 2.76. The quantitative estimate of drug-likeness (QED) is 0.513. The van der Waals surface area contributed by atoms with E-state index in [1.165, 1.54) is 6.07 Å². The van der Waals surface area contributed by atoms with Gasteiger partial charge in [0, 0.05) is 5.56 Å². The lowest BCUT2D eigenvalue weighted by Crippen LogP contribution is -1.92. The normalized spacial score (nSPS) is 9.83. The van der Waals surface area contributed by atoms with Crippen molar-refractivity contribution < 1.29 is 10.0 Å². The van der Waals surface area contributed by atoms with Crippen LogP contribution >= 0.6 is 0 Å². The summed E-state index contributed by atoms with van der Waals surface area (Å²) in [5.41, 5.74) is 1.17. The van der Waals surface area contributed by atoms with Crippen LogP contribution < -0.4 is 0 Å². The van der Waals surface area contributed by atoms with Crippen molar-refractivity contribution in [3.63, 3.8) is 0 Å². The molecule has 0 bridgehead atoms. The molecule has 0 saturated carbocycles. The molecular weight excluding hydrogens is 158 g/mol. The summed E-state index contributed by atoms with van der Waals surface area (Å²) in [5, 5.41) is 19.5. The number of nitro groups is 1. The number of hydrogen-bond acceptors (Lipinski definition) is 3. The number of phenolic OH excluding ortho intramolecular Hbond substituents is 1. The van der Waals surface area contributed by atoms with Crippen molar-refractivity contribution in [3.05, 3.63) is 33.4 Å². The molecule has 0 aliphatic heterocycles. The van der Waals surface area contributed by atoms with Gasteiger partial charge >= 0.3 is 0 Å². The lowest BCUT2D eigenvalue weighted by atomic mass is 10.1. The van der Waals surface area contributed by atoms with Crippen molar-refractivity contribution in [1.29, 1.82) is 0 Å². The van der Waals surface area contributed by atoms with Crippen molar-refractivity contribution in [3.8, 4) is 5.75 Å². The van der Waals surface area contributed by atoms with Gasteiger partial charge in [0.05, 0.1) is 11.0 Å². The average molecular weight is 167 g/mol. The molecule has 4 nitrogen and oxygen atoms in total. The Balaban J connectivity index is 3.33. The maximum Gasteiger partial charge on any atom is 0.276 e. The molecule has 0 aromatic heterocycles. The van der Waals surface area contributed by atoms with Crippen LogP contribution in [0.15, 0.2) is 12.1 Å². The fourth-order valence-corrected chi connectivity index (χ4v) is 1.03. The number of hydrogen-bond donors (Lipinski definition) is 1. The van der Waals surface area contributed by atoms with Gasteiger partial charge in [-0.1, -0.05) is 0 Å². The maximum atomic E-state index is 10.4. The molecule has 1 aromatic rings. The largest absolute Gasteiger partial charge is 0.507 e. The first-order valence-electron chi connectivity index (χ1n) is 3.47. The van der Waals surface area contributed by atoms with E-state index in [1.807, 2.05) is 0 Å². The van der Waals surface area contributed by atoms with Gasteiger partial charge in [0.15, 0.2) is 0 Å². The third-order valence-electron chi connectivity index (χ3n) is 1.71. The van der Waals surface area contributed by atoms with Gasteiger partial charge in [-0.15, -0.1) is 0 Å². The molecule has 1 aromatic carbocycles. The second kappa shape index (κ2) is 2.81. The Morgan fingerprint density at radius 1 is 1.33 bits per heavy atom. The van der Waals surface area contributed by atoms with Gasteiger partial charge in [-0.05, 0) is 25.5 Å². The molecule has 1 N–H and O–H groups in total. The SMILES string of the molecule is Cc1cc(C)c([N+](=O)[O-])cc1O. The van der Waals surface area contributed by atoms with Gasteiger partial charge in [-0.2, -0.15) is 0 Å². The highest BCUT2D eigenvalue weighted by Gasteiger charge is 2.12. The van der Waals surface area contributed by atoms with E-state index < -0.39 is 4.92 Å². The maximum absolute atomic E-state index is 10.4. The first kappa shape index (κ1) is 8.52. The van der Waals surface area contributed by atoms with Crippen LogP contribution in [0.4, 0.5) is 5.69 Å². The monoisotopic (exact) mass is 167 g/mol. The Bertz CT molecular complexity index is 333. The van der Waals surface area contributed by atoms with Crippen molar-refractivity contribution >= 4 is 5.69 Å². The number of aryl methyl sites for hydroxylation is 2. The number of nitro benzene ring substituents is 1. The fourth-order valence-electron chi connectivity index (χ4n) is 1.03. The van der Waals surface area contributed by atoms with Crippen LogP contribution in [0.2, 0.25) is 0 Å². The highest BCUT2D eigenvalue weighted by molar-refractivity contribution is 5.48. The van der Waals surface area contributed by atoms with Gasteiger partial charge in [0.1, 0.15) is 5.75 Å². The summed E-state index contributed by atoms with van der Waals surface area (Å²) in [4.78, 5) is 9.87. The van der Waals surface area contributed by atoms with Crippen LogP contribution in [0.1, 0.15) is 11.1 Å². The Labute approximate surface area is 69.6 Å². The van der Waals surface area contributed by atoms with E-state index in [0.717, 1.165) is 0 Å². The molecule has 0 radical (unpaired) electrons. The lowest BCUT2D eigenvalue weighted by Gasteiger charge is -2.00. The average Bonchev–Trinajstić information content (AvgIpc) is 1.96. The van der Waals surface area contributed by atoms with E-state index >= 15 is 0 Å². The Kier molecular flexibility index (Phi) is 1.99. The minimum atomic E-state index is -0.505.